The summed E-state index contributed by atoms with van der Waals surface area (Å²) >= 11 is 6.02. The van der Waals surface area contributed by atoms with E-state index in [1.807, 2.05) is 6.92 Å². The van der Waals surface area contributed by atoms with E-state index in [9.17, 15) is 14.3 Å². The molecule has 3 nitrogen and oxygen atoms in total. The lowest BCUT2D eigenvalue weighted by Gasteiger charge is -2.12. The second-order valence-electron chi connectivity index (χ2n) is 5.70. The van der Waals surface area contributed by atoms with Crippen LogP contribution < -0.4 is 5.63 Å². The third-order valence-electron chi connectivity index (χ3n) is 3.98. The monoisotopic (exact) mass is 346 g/mol. The third kappa shape index (κ3) is 3.15. The Morgan fingerprint density at radius 1 is 1.17 bits per heavy atom. The molecule has 2 aromatic carbocycles. The second-order valence-corrected chi connectivity index (χ2v) is 6.11. The number of phenols is 1. The topological polar surface area (TPSA) is 50.4 Å². The molecule has 0 aliphatic heterocycles. The van der Waals surface area contributed by atoms with Crippen molar-refractivity contribution in [2.75, 3.05) is 0 Å². The third-order valence-corrected chi connectivity index (χ3v) is 4.28. The van der Waals surface area contributed by atoms with Crippen LogP contribution in [0.25, 0.3) is 11.0 Å². The molecule has 0 saturated carbocycles. The largest absolute Gasteiger partial charge is 0.506 e. The van der Waals surface area contributed by atoms with Crippen LogP contribution in [0, 0.1) is 5.82 Å². The molecule has 3 aromatic rings. The predicted octanol–water partition coefficient (Wildman–Crippen LogP) is 4.83. The molecule has 5 heteroatoms. The molecule has 0 atom stereocenters. The lowest BCUT2D eigenvalue weighted by Crippen LogP contribution is -2.13. The Hall–Kier alpha value is -2.33. The van der Waals surface area contributed by atoms with Crippen molar-refractivity contribution in [1.82, 2.24) is 0 Å². The number of benzene rings is 2. The number of aryl methyl sites for hydroxylation is 1. The zero-order chi connectivity index (χ0) is 17.3. The molecule has 1 N–H and O–H groups in total. The van der Waals surface area contributed by atoms with Gasteiger partial charge in [0, 0.05) is 23.4 Å². The Morgan fingerprint density at radius 2 is 1.88 bits per heavy atom. The minimum atomic E-state index is -0.447. The van der Waals surface area contributed by atoms with Crippen LogP contribution in [0.1, 0.15) is 30.0 Å². The number of hydrogen-bond acceptors (Lipinski definition) is 3. The van der Waals surface area contributed by atoms with E-state index in [0.29, 0.717) is 24.0 Å². The molecule has 0 aliphatic carbocycles. The van der Waals surface area contributed by atoms with Crippen molar-refractivity contribution in [2.45, 2.75) is 26.2 Å². The van der Waals surface area contributed by atoms with Crippen LogP contribution in [0.2, 0.25) is 5.02 Å². The molecule has 0 fully saturated rings. The van der Waals surface area contributed by atoms with E-state index in [-0.39, 0.29) is 16.6 Å². The molecule has 0 radical (unpaired) electrons. The van der Waals surface area contributed by atoms with Gasteiger partial charge in [-0.2, -0.15) is 0 Å². The number of hydrogen-bond donors (Lipinski definition) is 1. The minimum absolute atomic E-state index is 0.124. The average molecular weight is 347 g/mol. The normalized spacial score (nSPS) is 11.1. The van der Waals surface area contributed by atoms with E-state index < -0.39 is 5.63 Å². The highest BCUT2D eigenvalue weighted by Crippen LogP contribution is 2.32. The smallest absolute Gasteiger partial charge is 0.340 e. The maximum Gasteiger partial charge on any atom is 0.340 e. The Morgan fingerprint density at radius 3 is 2.54 bits per heavy atom. The molecular weight excluding hydrogens is 331 g/mol. The van der Waals surface area contributed by atoms with Gasteiger partial charge < -0.3 is 9.52 Å². The summed E-state index contributed by atoms with van der Waals surface area (Å²) in [6.07, 6.45) is 1.87. The second kappa shape index (κ2) is 6.65. The van der Waals surface area contributed by atoms with Gasteiger partial charge >= 0.3 is 5.63 Å². The van der Waals surface area contributed by atoms with Crippen LogP contribution in [-0.4, -0.2) is 5.11 Å². The van der Waals surface area contributed by atoms with Crippen LogP contribution in [0.4, 0.5) is 4.39 Å². The molecule has 1 aromatic heterocycles. The summed E-state index contributed by atoms with van der Waals surface area (Å²) < 4.78 is 18.4. The van der Waals surface area contributed by atoms with E-state index in [4.69, 9.17) is 16.0 Å². The summed E-state index contributed by atoms with van der Waals surface area (Å²) in [5.41, 5.74) is 2.09. The quantitative estimate of drug-likeness (QED) is 0.688. The first-order valence-electron chi connectivity index (χ1n) is 7.71. The van der Waals surface area contributed by atoms with Crippen LogP contribution in [-0.2, 0) is 12.8 Å². The van der Waals surface area contributed by atoms with Gasteiger partial charge in [-0.25, -0.2) is 9.18 Å². The van der Waals surface area contributed by atoms with Crippen molar-refractivity contribution in [2.24, 2.45) is 0 Å². The summed E-state index contributed by atoms with van der Waals surface area (Å²) in [6, 6.07) is 9.02. The SMILES string of the molecule is CCCc1c(Cc2ccc(F)cc2)c(=O)oc2cc(O)c(Cl)cc12. The fourth-order valence-corrected chi connectivity index (χ4v) is 2.99. The first kappa shape index (κ1) is 16.5. The number of halogens is 2. The lowest BCUT2D eigenvalue weighted by atomic mass is 9.95. The van der Waals surface area contributed by atoms with Crippen molar-refractivity contribution in [3.8, 4) is 5.75 Å². The van der Waals surface area contributed by atoms with Crippen molar-refractivity contribution in [3.05, 3.63) is 74.3 Å². The minimum Gasteiger partial charge on any atom is -0.506 e. The van der Waals surface area contributed by atoms with Gasteiger partial charge in [0.2, 0.25) is 0 Å². The summed E-state index contributed by atoms with van der Waals surface area (Å²) in [5, 5.41) is 10.7. The molecule has 0 bridgehead atoms. The fraction of sp³-hybridized carbons (Fsp3) is 0.211. The van der Waals surface area contributed by atoms with E-state index in [1.165, 1.54) is 18.2 Å². The highest BCUT2D eigenvalue weighted by Gasteiger charge is 2.16. The van der Waals surface area contributed by atoms with Gasteiger partial charge in [-0.1, -0.05) is 37.1 Å². The van der Waals surface area contributed by atoms with Crippen molar-refractivity contribution in [3.63, 3.8) is 0 Å². The molecule has 0 aliphatic rings. The van der Waals surface area contributed by atoms with Crippen molar-refractivity contribution < 1.29 is 13.9 Å². The Bertz CT molecular complexity index is 945. The number of aromatic hydroxyl groups is 1. The lowest BCUT2D eigenvalue weighted by molar-refractivity contribution is 0.473. The van der Waals surface area contributed by atoms with E-state index in [2.05, 4.69) is 0 Å². The van der Waals surface area contributed by atoms with Gasteiger partial charge in [0.1, 0.15) is 17.1 Å². The maximum atomic E-state index is 13.1. The predicted molar refractivity (Wildman–Crippen MR) is 92.4 cm³/mol. The fourth-order valence-electron chi connectivity index (χ4n) is 2.83. The molecule has 0 saturated heterocycles. The van der Waals surface area contributed by atoms with Crippen LogP contribution in [0.5, 0.6) is 5.75 Å². The summed E-state index contributed by atoms with van der Waals surface area (Å²) in [7, 11) is 0. The number of phenolic OH excluding ortho intramolecular Hbond substituents is 1. The molecule has 1 heterocycles. The number of rotatable bonds is 4. The summed E-state index contributed by atoms with van der Waals surface area (Å²) in [4.78, 5) is 12.4. The molecular formula is C19H16ClFO3. The van der Waals surface area contributed by atoms with Gasteiger partial charge in [0.05, 0.1) is 5.02 Å². The standard InChI is InChI=1S/C19H16ClFO3/c1-2-3-13-14-9-16(20)17(22)10-18(14)24-19(23)15(13)8-11-4-6-12(21)7-5-11/h4-7,9-10,22H,2-3,8H2,1H3. The molecule has 0 unspecified atom stereocenters. The molecule has 124 valence electrons. The maximum absolute atomic E-state index is 13.1. The van der Waals surface area contributed by atoms with E-state index >= 15 is 0 Å². The number of fused-ring (bicyclic) bond motifs is 1. The average Bonchev–Trinajstić information content (AvgIpc) is 2.55. The van der Waals surface area contributed by atoms with Gasteiger partial charge in [-0.05, 0) is 35.7 Å². The zero-order valence-electron chi connectivity index (χ0n) is 13.1. The molecule has 24 heavy (non-hydrogen) atoms. The zero-order valence-corrected chi connectivity index (χ0v) is 13.9. The molecule has 0 spiro atoms. The van der Waals surface area contributed by atoms with E-state index in [1.54, 1.807) is 18.2 Å². The Labute approximate surface area is 143 Å². The van der Waals surface area contributed by atoms with Crippen LogP contribution in [0.15, 0.2) is 45.6 Å². The molecule has 3 rings (SSSR count). The van der Waals surface area contributed by atoms with E-state index in [0.717, 1.165) is 22.9 Å². The Kier molecular flexibility index (Phi) is 4.58. The van der Waals surface area contributed by atoms with Gasteiger partial charge in [0.15, 0.2) is 0 Å². The van der Waals surface area contributed by atoms with Gasteiger partial charge in [-0.3, -0.25) is 0 Å². The van der Waals surface area contributed by atoms with Crippen LogP contribution in [0.3, 0.4) is 0 Å². The highest BCUT2D eigenvalue weighted by atomic mass is 35.5. The van der Waals surface area contributed by atoms with Gasteiger partial charge in [-0.15, -0.1) is 0 Å². The first-order chi connectivity index (χ1) is 11.5. The highest BCUT2D eigenvalue weighted by molar-refractivity contribution is 6.32. The van der Waals surface area contributed by atoms with Crippen molar-refractivity contribution in [1.29, 1.82) is 0 Å². The Balaban J connectivity index is 2.20. The first-order valence-corrected chi connectivity index (χ1v) is 8.09. The van der Waals surface area contributed by atoms with Crippen molar-refractivity contribution >= 4 is 22.6 Å². The molecule has 0 amide bonds. The summed E-state index contributed by atoms with van der Waals surface area (Å²) in [5.74, 6) is -0.443. The summed E-state index contributed by atoms with van der Waals surface area (Å²) in [6.45, 7) is 2.02. The van der Waals surface area contributed by atoms with Crippen LogP contribution >= 0.6 is 11.6 Å². The van der Waals surface area contributed by atoms with Gasteiger partial charge in [0.25, 0.3) is 0 Å².